The summed E-state index contributed by atoms with van der Waals surface area (Å²) in [4.78, 5) is 33.6. The summed E-state index contributed by atoms with van der Waals surface area (Å²) in [5, 5.41) is 3.32. The number of aryl methyl sites for hydroxylation is 1. The Kier molecular flexibility index (Phi) is 4.85. The van der Waals surface area contributed by atoms with Crippen LogP contribution in [-0.2, 0) is 4.79 Å². The fraction of sp³-hybridized carbons (Fsp3) is 0.353. The number of rotatable bonds is 3. The number of aromatic amines is 1. The maximum absolute atomic E-state index is 12.5. The van der Waals surface area contributed by atoms with Crippen molar-refractivity contribution in [2.24, 2.45) is 5.92 Å². The minimum Gasteiger partial charge on any atom is -0.356 e. The van der Waals surface area contributed by atoms with Crippen LogP contribution in [0.3, 0.4) is 0 Å². The number of aromatic nitrogens is 2. The summed E-state index contributed by atoms with van der Waals surface area (Å²) in [7, 11) is 0. The quantitative estimate of drug-likeness (QED) is 0.897. The second-order valence-corrected chi connectivity index (χ2v) is 6.47. The molecule has 1 aliphatic rings. The number of likely N-dealkylation sites (tertiary alicyclic amines) is 1. The van der Waals surface area contributed by atoms with Crippen LogP contribution in [0.4, 0.5) is 5.82 Å². The predicted octanol–water partition coefficient (Wildman–Crippen LogP) is 2.86. The van der Waals surface area contributed by atoms with Crippen LogP contribution < -0.4 is 5.32 Å². The predicted molar refractivity (Wildman–Crippen MR) is 92.0 cm³/mol. The Morgan fingerprint density at radius 3 is 2.92 bits per heavy atom. The number of carbonyl (C=O) groups excluding carboxylic acids is 2. The van der Waals surface area contributed by atoms with Gasteiger partial charge in [-0.15, -0.1) is 0 Å². The average molecular weight is 347 g/mol. The monoisotopic (exact) mass is 346 g/mol. The first-order chi connectivity index (χ1) is 11.5. The first kappa shape index (κ1) is 16.5. The van der Waals surface area contributed by atoms with E-state index in [0.717, 1.165) is 18.4 Å². The molecule has 1 atom stereocenters. The summed E-state index contributed by atoms with van der Waals surface area (Å²) in [5.41, 5.74) is 1.48. The molecule has 0 saturated carbocycles. The lowest BCUT2D eigenvalue weighted by Gasteiger charge is -2.31. The van der Waals surface area contributed by atoms with E-state index in [1.165, 1.54) is 0 Å². The summed E-state index contributed by atoms with van der Waals surface area (Å²) in [6, 6.07) is 5.28. The summed E-state index contributed by atoms with van der Waals surface area (Å²) >= 11 is 5.85. The highest BCUT2D eigenvalue weighted by molar-refractivity contribution is 6.30. The van der Waals surface area contributed by atoms with E-state index in [2.05, 4.69) is 15.3 Å². The van der Waals surface area contributed by atoms with Gasteiger partial charge in [0.25, 0.3) is 5.91 Å². The maximum Gasteiger partial charge on any atom is 0.270 e. The van der Waals surface area contributed by atoms with E-state index in [1.807, 2.05) is 13.0 Å². The van der Waals surface area contributed by atoms with Crippen molar-refractivity contribution in [3.05, 3.63) is 46.9 Å². The third kappa shape index (κ3) is 3.76. The summed E-state index contributed by atoms with van der Waals surface area (Å²) in [5.74, 6) is 0.0580. The Bertz CT molecular complexity index is 741. The Morgan fingerprint density at radius 2 is 2.25 bits per heavy atom. The molecule has 0 aliphatic carbocycles. The highest BCUT2D eigenvalue weighted by Crippen LogP contribution is 2.21. The molecule has 7 heteroatoms. The Balaban J connectivity index is 1.63. The molecule has 1 saturated heterocycles. The van der Waals surface area contributed by atoms with Gasteiger partial charge in [0.05, 0.1) is 10.9 Å². The first-order valence-corrected chi connectivity index (χ1v) is 8.27. The zero-order valence-corrected chi connectivity index (χ0v) is 14.1. The molecule has 0 radical (unpaired) electrons. The van der Waals surface area contributed by atoms with Gasteiger partial charge in [-0.25, -0.2) is 4.98 Å². The maximum atomic E-state index is 12.5. The van der Waals surface area contributed by atoms with E-state index in [4.69, 9.17) is 11.6 Å². The number of hydrogen-bond donors (Lipinski definition) is 2. The molecule has 0 bridgehead atoms. The molecule has 0 spiro atoms. The second kappa shape index (κ2) is 7.05. The minimum absolute atomic E-state index is 0.103. The van der Waals surface area contributed by atoms with Crippen molar-refractivity contribution in [1.29, 1.82) is 0 Å². The number of amides is 2. The van der Waals surface area contributed by atoms with Gasteiger partial charge in [0.2, 0.25) is 5.91 Å². The lowest BCUT2D eigenvalue weighted by molar-refractivity contribution is -0.121. The van der Waals surface area contributed by atoms with Crippen LogP contribution in [0.5, 0.6) is 0 Å². The molecule has 0 aromatic carbocycles. The van der Waals surface area contributed by atoms with Crippen molar-refractivity contribution in [1.82, 2.24) is 14.9 Å². The van der Waals surface area contributed by atoms with Crippen LogP contribution in [0.25, 0.3) is 0 Å². The molecule has 0 unspecified atom stereocenters. The van der Waals surface area contributed by atoms with Crippen molar-refractivity contribution >= 4 is 29.2 Å². The number of pyridine rings is 1. The fourth-order valence-electron chi connectivity index (χ4n) is 2.81. The number of piperidine rings is 1. The molecular formula is C17H19ClN4O2. The van der Waals surface area contributed by atoms with Gasteiger partial charge < -0.3 is 15.2 Å². The van der Waals surface area contributed by atoms with Gasteiger partial charge in [-0.3, -0.25) is 9.59 Å². The Labute approximate surface area is 145 Å². The van der Waals surface area contributed by atoms with Crippen LogP contribution in [0, 0.1) is 12.8 Å². The van der Waals surface area contributed by atoms with Gasteiger partial charge in [-0.2, -0.15) is 0 Å². The average Bonchev–Trinajstić information content (AvgIpc) is 3.03. The highest BCUT2D eigenvalue weighted by Gasteiger charge is 2.29. The van der Waals surface area contributed by atoms with Crippen molar-refractivity contribution in [3.63, 3.8) is 0 Å². The zero-order valence-electron chi connectivity index (χ0n) is 13.4. The smallest absolute Gasteiger partial charge is 0.270 e. The molecule has 6 nitrogen and oxygen atoms in total. The van der Waals surface area contributed by atoms with E-state index < -0.39 is 0 Å². The molecule has 126 valence electrons. The van der Waals surface area contributed by atoms with Crippen LogP contribution >= 0.6 is 11.6 Å². The van der Waals surface area contributed by atoms with Gasteiger partial charge in [0.1, 0.15) is 11.5 Å². The largest absolute Gasteiger partial charge is 0.356 e. The third-order valence-electron chi connectivity index (χ3n) is 4.12. The highest BCUT2D eigenvalue weighted by atomic mass is 35.5. The molecule has 2 amide bonds. The molecule has 1 fully saturated rings. The lowest BCUT2D eigenvalue weighted by Crippen LogP contribution is -2.43. The molecule has 3 heterocycles. The van der Waals surface area contributed by atoms with Crippen LogP contribution in [-0.4, -0.2) is 39.8 Å². The van der Waals surface area contributed by atoms with Crippen molar-refractivity contribution in [2.75, 3.05) is 18.4 Å². The van der Waals surface area contributed by atoms with E-state index in [-0.39, 0.29) is 17.7 Å². The van der Waals surface area contributed by atoms with Crippen LogP contribution in [0.15, 0.2) is 30.6 Å². The third-order valence-corrected chi connectivity index (χ3v) is 4.34. The van der Waals surface area contributed by atoms with Gasteiger partial charge >= 0.3 is 0 Å². The van der Waals surface area contributed by atoms with Gasteiger partial charge in [0, 0.05) is 25.5 Å². The topological polar surface area (TPSA) is 78.1 Å². The summed E-state index contributed by atoms with van der Waals surface area (Å²) in [6.45, 7) is 2.98. The molecular weight excluding hydrogens is 328 g/mol. The molecule has 2 aromatic heterocycles. The van der Waals surface area contributed by atoms with Gasteiger partial charge in [-0.05, 0) is 37.5 Å². The first-order valence-electron chi connectivity index (χ1n) is 7.89. The molecule has 3 rings (SSSR count). The second-order valence-electron chi connectivity index (χ2n) is 6.03. The number of carbonyl (C=O) groups is 2. The molecule has 2 N–H and O–H groups in total. The standard InChI is InChI=1S/C17H19ClN4O2/c1-11-4-5-15(20-8-11)21-16(23)12-3-2-6-22(10-12)17(24)14-7-13(18)9-19-14/h4-5,7-9,12,19H,2-3,6,10H2,1H3,(H,20,21,23)/t12-/m0/s1. The molecule has 24 heavy (non-hydrogen) atoms. The molecule has 2 aromatic rings. The Hall–Kier alpha value is -2.34. The summed E-state index contributed by atoms with van der Waals surface area (Å²) < 4.78 is 0. The van der Waals surface area contributed by atoms with E-state index >= 15 is 0 Å². The fourth-order valence-corrected chi connectivity index (χ4v) is 2.97. The van der Waals surface area contributed by atoms with E-state index in [9.17, 15) is 9.59 Å². The number of nitrogens with zero attached hydrogens (tertiary/aromatic N) is 2. The summed E-state index contributed by atoms with van der Waals surface area (Å²) in [6.07, 6.45) is 4.83. The number of anilines is 1. The van der Waals surface area contributed by atoms with Crippen molar-refractivity contribution < 1.29 is 9.59 Å². The normalized spacial score (nSPS) is 17.6. The van der Waals surface area contributed by atoms with Crippen LogP contribution in [0.2, 0.25) is 5.02 Å². The minimum atomic E-state index is -0.240. The van der Waals surface area contributed by atoms with Crippen molar-refractivity contribution in [3.8, 4) is 0 Å². The van der Waals surface area contributed by atoms with Gasteiger partial charge in [-0.1, -0.05) is 17.7 Å². The van der Waals surface area contributed by atoms with Gasteiger partial charge in [0.15, 0.2) is 0 Å². The Morgan fingerprint density at radius 1 is 1.42 bits per heavy atom. The number of H-pyrrole nitrogens is 1. The van der Waals surface area contributed by atoms with E-state index in [1.54, 1.807) is 29.4 Å². The lowest BCUT2D eigenvalue weighted by atomic mass is 9.97. The van der Waals surface area contributed by atoms with Crippen LogP contribution in [0.1, 0.15) is 28.9 Å². The number of halogens is 1. The van der Waals surface area contributed by atoms with Crippen molar-refractivity contribution in [2.45, 2.75) is 19.8 Å². The van der Waals surface area contributed by atoms with E-state index in [0.29, 0.717) is 29.6 Å². The molecule has 1 aliphatic heterocycles. The SMILES string of the molecule is Cc1ccc(NC(=O)[C@H]2CCCN(C(=O)c3cc(Cl)c[nH]3)C2)nc1. The number of nitrogens with one attached hydrogen (secondary N) is 2. The number of hydrogen-bond acceptors (Lipinski definition) is 3. The zero-order chi connectivity index (χ0) is 17.1.